The van der Waals surface area contributed by atoms with Crippen LogP contribution in [-0.2, 0) is 4.79 Å². The van der Waals surface area contributed by atoms with Crippen molar-refractivity contribution in [3.05, 3.63) is 24.3 Å². The van der Waals surface area contributed by atoms with Gasteiger partial charge < -0.3 is 0 Å². The number of aldehydes is 1. The molecule has 1 heteroatoms. The van der Waals surface area contributed by atoms with Crippen molar-refractivity contribution in [3.63, 3.8) is 0 Å². The molecule has 0 rings (SSSR count). The monoisotopic (exact) mass is 166 g/mol. The van der Waals surface area contributed by atoms with Crippen molar-refractivity contribution in [2.75, 3.05) is 0 Å². The van der Waals surface area contributed by atoms with E-state index in [1.54, 1.807) is 0 Å². The first kappa shape index (κ1) is 11.2. The lowest BCUT2D eigenvalue weighted by molar-refractivity contribution is -0.104. The van der Waals surface area contributed by atoms with Crippen LogP contribution in [0.15, 0.2) is 24.3 Å². The second kappa shape index (κ2) is 8.25. The summed E-state index contributed by atoms with van der Waals surface area (Å²) in [7, 11) is 0. The van der Waals surface area contributed by atoms with E-state index in [0.717, 1.165) is 12.7 Å². The minimum absolute atomic E-state index is 0.654. The van der Waals surface area contributed by atoms with Crippen molar-refractivity contribution >= 4 is 6.29 Å². The molecule has 0 aliphatic carbocycles. The van der Waals surface area contributed by atoms with Crippen LogP contribution < -0.4 is 0 Å². The summed E-state index contributed by atoms with van der Waals surface area (Å²) < 4.78 is 0. The van der Waals surface area contributed by atoms with Gasteiger partial charge in [0.2, 0.25) is 0 Å². The molecule has 68 valence electrons. The maximum Gasteiger partial charge on any atom is 0.145 e. The van der Waals surface area contributed by atoms with Crippen LogP contribution in [0.1, 0.15) is 39.0 Å². The summed E-state index contributed by atoms with van der Waals surface area (Å²) in [6, 6.07) is 0. The van der Waals surface area contributed by atoms with Crippen LogP contribution in [0.5, 0.6) is 0 Å². The van der Waals surface area contributed by atoms with Gasteiger partial charge in [-0.1, -0.05) is 38.5 Å². The van der Waals surface area contributed by atoms with E-state index in [0.29, 0.717) is 12.0 Å². The molecule has 0 radical (unpaired) electrons. The third-order valence-corrected chi connectivity index (χ3v) is 1.69. The molecule has 0 saturated carbocycles. The van der Waals surface area contributed by atoms with Gasteiger partial charge in [-0.2, -0.15) is 0 Å². The molecule has 0 amide bonds. The fourth-order valence-corrected chi connectivity index (χ4v) is 0.913. The number of carbonyl (C=O) groups excluding carboxylic acids is 1. The zero-order chi connectivity index (χ0) is 9.23. The topological polar surface area (TPSA) is 17.1 Å². The van der Waals surface area contributed by atoms with Crippen LogP contribution in [0.4, 0.5) is 0 Å². The summed E-state index contributed by atoms with van der Waals surface area (Å²) in [5.74, 6) is 0. The highest BCUT2D eigenvalue weighted by Crippen LogP contribution is 2.01. The maximum absolute atomic E-state index is 10.1. The summed E-state index contributed by atoms with van der Waals surface area (Å²) in [4.78, 5) is 10.1. The van der Waals surface area contributed by atoms with Gasteiger partial charge in [0.15, 0.2) is 0 Å². The zero-order valence-corrected chi connectivity index (χ0v) is 7.88. The Morgan fingerprint density at radius 2 is 2.08 bits per heavy atom. The first-order chi connectivity index (χ1) is 5.81. The van der Waals surface area contributed by atoms with Crippen molar-refractivity contribution < 1.29 is 4.79 Å². The summed E-state index contributed by atoms with van der Waals surface area (Å²) in [6.45, 7) is 5.78. The fraction of sp³-hybridized carbons (Fsp3) is 0.545. The van der Waals surface area contributed by atoms with E-state index in [2.05, 4.69) is 19.6 Å². The van der Waals surface area contributed by atoms with Gasteiger partial charge in [0.25, 0.3) is 0 Å². The molecule has 0 saturated heterocycles. The highest BCUT2D eigenvalue weighted by molar-refractivity contribution is 5.72. The Bertz CT molecular complexity index is 156. The summed E-state index contributed by atoms with van der Waals surface area (Å²) in [6.07, 6.45) is 10.6. The van der Waals surface area contributed by atoms with Crippen molar-refractivity contribution in [2.45, 2.75) is 39.0 Å². The lowest BCUT2D eigenvalue weighted by atomic mass is 10.1. The van der Waals surface area contributed by atoms with Gasteiger partial charge in [-0.25, -0.2) is 0 Å². The number of unbranched alkanes of at least 4 members (excludes halogenated alkanes) is 3. The Labute approximate surface area is 75.2 Å². The number of allylic oxidation sites excluding steroid dienone is 3. The molecule has 0 aliphatic rings. The van der Waals surface area contributed by atoms with Crippen molar-refractivity contribution in [2.24, 2.45) is 0 Å². The van der Waals surface area contributed by atoms with E-state index < -0.39 is 0 Å². The SMILES string of the molecule is C=C(C=O)CC=CCCCCC. The minimum atomic E-state index is 0.654. The molecule has 0 aromatic carbocycles. The van der Waals surface area contributed by atoms with E-state index in [1.807, 2.05) is 6.08 Å². The molecule has 0 N–H and O–H groups in total. The Hall–Kier alpha value is -0.850. The zero-order valence-electron chi connectivity index (χ0n) is 7.88. The third-order valence-electron chi connectivity index (χ3n) is 1.69. The fourth-order valence-electron chi connectivity index (χ4n) is 0.913. The summed E-state index contributed by atoms with van der Waals surface area (Å²) in [5, 5.41) is 0. The van der Waals surface area contributed by atoms with E-state index in [-0.39, 0.29) is 0 Å². The maximum atomic E-state index is 10.1. The molecule has 0 aliphatic heterocycles. The van der Waals surface area contributed by atoms with Gasteiger partial charge in [-0.15, -0.1) is 0 Å². The Morgan fingerprint density at radius 3 is 2.67 bits per heavy atom. The predicted molar refractivity (Wildman–Crippen MR) is 53.1 cm³/mol. The Balaban J connectivity index is 3.25. The van der Waals surface area contributed by atoms with Gasteiger partial charge in [-0.3, -0.25) is 4.79 Å². The van der Waals surface area contributed by atoms with E-state index in [9.17, 15) is 4.79 Å². The van der Waals surface area contributed by atoms with Gasteiger partial charge in [0, 0.05) is 0 Å². The van der Waals surface area contributed by atoms with Gasteiger partial charge in [0.05, 0.1) is 0 Å². The smallest absolute Gasteiger partial charge is 0.145 e. The molecular weight excluding hydrogens is 148 g/mol. The van der Waals surface area contributed by atoms with Gasteiger partial charge in [-0.05, 0) is 24.8 Å². The number of hydrogen-bond donors (Lipinski definition) is 0. The van der Waals surface area contributed by atoms with Crippen molar-refractivity contribution in [1.82, 2.24) is 0 Å². The molecular formula is C11H18O. The Morgan fingerprint density at radius 1 is 1.33 bits per heavy atom. The van der Waals surface area contributed by atoms with Crippen LogP contribution in [0.2, 0.25) is 0 Å². The first-order valence-corrected chi connectivity index (χ1v) is 4.59. The largest absolute Gasteiger partial charge is 0.298 e. The summed E-state index contributed by atoms with van der Waals surface area (Å²) >= 11 is 0. The second-order valence-electron chi connectivity index (χ2n) is 2.95. The normalized spacial score (nSPS) is 10.4. The van der Waals surface area contributed by atoms with E-state index in [1.165, 1.54) is 19.3 Å². The van der Waals surface area contributed by atoms with Crippen LogP contribution in [-0.4, -0.2) is 6.29 Å². The third kappa shape index (κ3) is 7.26. The van der Waals surface area contributed by atoms with Crippen molar-refractivity contribution in [3.8, 4) is 0 Å². The molecule has 0 spiro atoms. The molecule has 0 bridgehead atoms. The van der Waals surface area contributed by atoms with E-state index in [4.69, 9.17) is 0 Å². The van der Waals surface area contributed by atoms with Crippen LogP contribution in [0.3, 0.4) is 0 Å². The number of carbonyl (C=O) groups is 1. The highest BCUT2D eigenvalue weighted by Gasteiger charge is 1.85. The Kier molecular flexibility index (Phi) is 7.66. The molecule has 0 fully saturated rings. The summed E-state index contributed by atoms with van der Waals surface area (Å²) in [5.41, 5.74) is 0.654. The molecule has 1 nitrogen and oxygen atoms in total. The van der Waals surface area contributed by atoms with Gasteiger partial charge in [0.1, 0.15) is 6.29 Å². The lowest BCUT2D eigenvalue weighted by Crippen LogP contribution is -1.77. The van der Waals surface area contributed by atoms with Crippen LogP contribution in [0.25, 0.3) is 0 Å². The first-order valence-electron chi connectivity index (χ1n) is 4.59. The number of rotatable bonds is 7. The molecule has 12 heavy (non-hydrogen) atoms. The minimum Gasteiger partial charge on any atom is -0.298 e. The second-order valence-corrected chi connectivity index (χ2v) is 2.95. The van der Waals surface area contributed by atoms with Crippen molar-refractivity contribution in [1.29, 1.82) is 0 Å². The standard InChI is InChI=1S/C11H18O/c1-3-4-5-6-7-8-9-11(2)10-12/h7-8,10H,2-6,9H2,1H3. The average Bonchev–Trinajstić information content (AvgIpc) is 2.10. The number of hydrogen-bond acceptors (Lipinski definition) is 1. The van der Waals surface area contributed by atoms with Gasteiger partial charge >= 0.3 is 0 Å². The lowest BCUT2D eigenvalue weighted by Gasteiger charge is -1.91. The molecule has 0 aromatic rings. The quantitative estimate of drug-likeness (QED) is 0.245. The molecule has 0 aromatic heterocycles. The molecule has 0 atom stereocenters. The molecule has 0 heterocycles. The highest BCUT2D eigenvalue weighted by atomic mass is 16.1. The average molecular weight is 166 g/mol. The predicted octanol–water partition coefficient (Wildman–Crippen LogP) is 3.27. The van der Waals surface area contributed by atoms with Crippen LogP contribution >= 0.6 is 0 Å². The molecule has 0 unspecified atom stereocenters. The van der Waals surface area contributed by atoms with Crippen LogP contribution in [0, 0.1) is 0 Å². The van der Waals surface area contributed by atoms with E-state index >= 15 is 0 Å².